The van der Waals surface area contributed by atoms with Gasteiger partial charge >= 0.3 is 5.97 Å². The summed E-state index contributed by atoms with van der Waals surface area (Å²) < 4.78 is 5.25. The quantitative estimate of drug-likeness (QED) is 0.256. The summed E-state index contributed by atoms with van der Waals surface area (Å²) in [6.45, 7) is 7.86. The van der Waals surface area contributed by atoms with Gasteiger partial charge in [-0.3, -0.25) is 9.59 Å². The molecule has 0 bridgehead atoms. The zero-order chi connectivity index (χ0) is 18.9. The van der Waals surface area contributed by atoms with E-state index in [1.807, 2.05) is 0 Å². The summed E-state index contributed by atoms with van der Waals surface area (Å²) in [5.74, 6) is -0.317. The molecule has 140 valence electrons. The molecule has 25 heavy (non-hydrogen) atoms. The number of anilines is 2. The number of unbranched alkanes of at least 4 members (excludes halogenated alkanes) is 2. The average Bonchev–Trinajstić information content (AvgIpc) is 2.48. The van der Waals surface area contributed by atoms with E-state index >= 15 is 0 Å². The third-order valence-electron chi connectivity index (χ3n) is 3.70. The van der Waals surface area contributed by atoms with E-state index in [1.54, 1.807) is 18.2 Å². The van der Waals surface area contributed by atoms with Crippen LogP contribution in [0.3, 0.4) is 0 Å². The summed E-state index contributed by atoms with van der Waals surface area (Å²) in [6, 6.07) is 5.81. The van der Waals surface area contributed by atoms with Crippen molar-refractivity contribution in [3.8, 4) is 0 Å². The van der Waals surface area contributed by atoms with Gasteiger partial charge in [-0.05, 0) is 37.1 Å². The summed E-state index contributed by atoms with van der Waals surface area (Å²) in [4.78, 5) is 23.6. The standard InChI is InChI=1S/C18H31N3O3Si/c1-25(2,3)10-9-24-17(22)7-5-4-6-8-21-18(23)14-11-15(19)13-16(20)12-14/h11-13H,4-10,19-20H2,1-3H3,(H,21,23). The molecule has 1 aromatic carbocycles. The molecule has 0 atom stereocenters. The van der Waals surface area contributed by atoms with E-state index in [1.165, 1.54) is 0 Å². The van der Waals surface area contributed by atoms with Crippen LogP contribution >= 0.6 is 0 Å². The number of amides is 1. The van der Waals surface area contributed by atoms with Crippen LogP contribution in [0.2, 0.25) is 25.7 Å². The van der Waals surface area contributed by atoms with E-state index in [0.717, 1.165) is 25.3 Å². The maximum absolute atomic E-state index is 12.0. The molecule has 0 saturated carbocycles. The molecule has 0 spiro atoms. The molecule has 0 saturated heterocycles. The van der Waals surface area contributed by atoms with Gasteiger partial charge in [-0.25, -0.2) is 0 Å². The minimum Gasteiger partial charge on any atom is -0.466 e. The van der Waals surface area contributed by atoms with Crippen molar-refractivity contribution in [2.24, 2.45) is 0 Å². The first-order chi connectivity index (χ1) is 11.7. The lowest BCUT2D eigenvalue weighted by Gasteiger charge is -2.15. The number of esters is 1. The Morgan fingerprint density at radius 3 is 2.28 bits per heavy atom. The molecule has 0 unspecified atom stereocenters. The maximum atomic E-state index is 12.0. The number of nitrogens with two attached hydrogens (primary N) is 2. The predicted octanol–water partition coefficient (Wildman–Crippen LogP) is 3.02. The van der Waals surface area contributed by atoms with Crippen molar-refractivity contribution in [2.45, 2.75) is 51.4 Å². The highest BCUT2D eigenvalue weighted by Gasteiger charge is 2.13. The smallest absolute Gasteiger partial charge is 0.305 e. The Bertz CT molecular complexity index is 565. The van der Waals surface area contributed by atoms with Crippen LogP contribution < -0.4 is 16.8 Å². The van der Waals surface area contributed by atoms with Gasteiger partial charge in [0.2, 0.25) is 0 Å². The van der Waals surface area contributed by atoms with Crippen molar-refractivity contribution < 1.29 is 14.3 Å². The van der Waals surface area contributed by atoms with Gasteiger partial charge in [-0.2, -0.15) is 0 Å². The molecule has 5 N–H and O–H groups in total. The van der Waals surface area contributed by atoms with Crippen LogP contribution in [0.1, 0.15) is 36.0 Å². The summed E-state index contributed by atoms with van der Waals surface area (Å²) in [5.41, 5.74) is 12.8. The molecule has 1 amide bonds. The Morgan fingerprint density at radius 2 is 1.68 bits per heavy atom. The predicted molar refractivity (Wildman–Crippen MR) is 105 cm³/mol. The molecule has 0 aliphatic rings. The van der Waals surface area contributed by atoms with Crippen LogP contribution in [0.5, 0.6) is 0 Å². The zero-order valence-corrected chi connectivity index (χ0v) is 16.6. The zero-order valence-electron chi connectivity index (χ0n) is 15.6. The summed E-state index contributed by atoms with van der Waals surface area (Å²) in [5, 5.41) is 2.83. The fourth-order valence-corrected chi connectivity index (χ4v) is 2.94. The molecule has 0 fully saturated rings. The first kappa shape index (κ1) is 21.0. The minimum atomic E-state index is -1.15. The molecule has 6 nitrogen and oxygen atoms in total. The second-order valence-corrected chi connectivity index (χ2v) is 13.1. The van der Waals surface area contributed by atoms with Gasteiger partial charge in [0.15, 0.2) is 0 Å². The molecular weight excluding hydrogens is 334 g/mol. The van der Waals surface area contributed by atoms with Crippen molar-refractivity contribution in [1.82, 2.24) is 5.32 Å². The van der Waals surface area contributed by atoms with Crippen molar-refractivity contribution in [3.63, 3.8) is 0 Å². The van der Waals surface area contributed by atoms with Gasteiger partial charge < -0.3 is 21.5 Å². The lowest BCUT2D eigenvalue weighted by Crippen LogP contribution is -2.24. The molecule has 0 heterocycles. The van der Waals surface area contributed by atoms with Crippen LogP contribution in [-0.2, 0) is 9.53 Å². The third kappa shape index (κ3) is 9.76. The van der Waals surface area contributed by atoms with Crippen LogP contribution in [0, 0.1) is 0 Å². The molecule has 1 aromatic rings. The number of ether oxygens (including phenoxy) is 1. The van der Waals surface area contributed by atoms with Crippen molar-refractivity contribution in [1.29, 1.82) is 0 Å². The van der Waals surface area contributed by atoms with E-state index in [0.29, 0.717) is 36.5 Å². The number of hydrogen-bond donors (Lipinski definition) is 3. The van der Waals surface area contributed by atoms with Gasteiger partial charge in [-0.1, -0.05) is 26.1 Å². The lowest BCUT2D eigenvalue weighted by atomic mass is 10.1. The summed E-state index contributed by atoms with van der Waals surface area (Å²) in [7, 11) is -1.15. The van der Waals surface area contributed by atoms with Crippen molar-refractivity contribution in [2.75, 3.05) is 24.6 Å². The topological polar surface area (TPSA) is 107 Å². The fraction of sp³-hybridized carbons (Fsp3) is 0.556. The molecule has 7 heteroatoms. The number of rotatable bonds is 10. The molecule has 0 radical (unpaired) electrons. The Kier molecular flexibility index (Phi) is 8.47. The van der Waals surface area contributed by atoms with E-state index in [-0.39, 0.29) is 11.9 Å². The molecule has 0 aromatic heterocycles. The lowest BCUT2D eigenvalue weighted by molar-refractivity contribution is -0.143. The van der Waals surface area contributed by atoms with Gasteiger partial charge in [0.25, 0.3) is 5.91 Å². The second kappa shape index (κ2) is 10.1. The number of carbonyl (C=O) groups excluding carboxylic acids is 2. The third-order valence-corrected chi connectivity index (χ3v) is 5.40. The first-order valence-electron chi connectivity index (χ1n) is 8.77. The minimum absolute atomic E-state index is 0.127. The first-order valence-corrected chi connectivity index (χ1v) is 12.5. The fourth-order valence-electron chi connectivity index (χ4n) is 2.23. The Morgan fingerprint density at radius 1 is 1.04 bits per heavy atom. The van der Waals surface area contributed by atoms with Crippen LogP contribution in [0.15, 0.2) is 18.2 Å². The number of hydrogen-bond acceptors (Lipinski definition) is 5. The molecule has 0 aliphatic carbocycles. The van der Waals surface area contributed by atoms with Gasteiger partial charge in [-0.15, -0.1) is 0 Å². The maximum Gasteiger partial charge on any atom is 0.305 e. The number of nitrogens with one attached hydrogen (secondary N) is 1. The summed E-state index contributed by atoms with van der Waals surface area (Å²) in [6.07, 6.45) is 2.88. The van der Waals surface area contributed by atoms with E-state index in [4.69, 9.17) is 16.2 Å². The van der Waals surface area contributed by atoms with Crippen molar-refractivity contribution >= 4 is 31.3 Å². The van der Waals surface area contributed by atoms with Gasteiger partial charge in [0.1, 0.15) is 0 Å². The largest absolute Gasteiger partial charge is 0.466 e. The van der Waals surface area contributed by atoms with Crippen LogP contribution in [0.4, 0.5) is 11.4 Å². The highest BCUT2D eigenvalue weighted by molar-refractivity contribution is 6.76. The molecular formula is C18H31N3O3Si. The number of benzene rings is 1. The number of nitrogen functional groups attached to an aromatic ring is 2. The Hall–Kier alpha value is -2.02. The highest BCUT2D eigenvalue weighted by atomic mass is 28.3. The van der Waals surface area contributed by atoms with Crippen LogP contribution in [0.25, 0.3) is 0 Å². The van der Waals surface area contributed by atoms with E-state index in [9.17, 15) is 9.59 Å². The Balaban J connectivity index is 2.12. The monoisotopic (exact) mass is 365 g/mol. The second-order valence-electron chi connectivity index (χ2n) is 7.49. The van der Waals surface area contributed by atoms with E-state index in [2.05, 4.69) is 25.0 Å². The SMILES string of the molecule is C[Si](C)(C)CCOC(=O)CCCCCNC(=O)c1cc(N)cc(N)c1. The van der Waals surface area contributed by atoms with Gasteiger partial charge in [0.05, 0.1) is 6.61 Å². The normalized spacial score (nSPS) is 11.2. The van der Waals surface area contributed by atoms with Crippen molar-refractivity contribution in [3.05, 3.63) is 23.8 Å². The van der Waals surface area contributed by atoms with Crippen LogP contribution in [-0.4, -0.2) is 33.1 Å². The average molecular weight is 366 g/mol. The highest BCUT2D eigenvalue weighted by Crippen LogP contribution is 2.13. The van der Waals surface area contributed by atoms with E-state index < -0.39 is 8.07 Å². The Labute approximate surface area is 151 Å². The molecule has 1 rings (SSSR count). The summed E-state index contributed by atoms with van der Waals surface area (Å²) >= 11 is 0. The number of carbonyl (C=O) groups is 2. The van der Waals surface area contributed by atoms with Gasteiger partial charge in [0, 0.05) is 38.0 Å². The molecule has 0 aliphatic heterocycles.